The monoisotopic (exact) mass is 334 g/mol. The third-order valence-corrected chi connectivity index (χ3v) is 3.77. The first-order valence-corrected chi connectivity index (χ1v) is 6.33. The van der Waals surface area contributed by atoms with Crippen molar-refractivity contribution in [1.29, 1.82) is 0 Å². The minimum atomic E-state index is -0.771. The topological polar surface area (TPSA) is 0 Å². The number of halogens is 5. The summed E-state index contributed by atoms with van der Waals surface area (Å²) in [4.78, 5) is -0.771. The van der Waals surface area contributed by atoms with Crippen LogP contribution in [0.2, 0.25) is 5.02 Å². The highest BCUT2D eigenvalue weighted by molar-refractivity contribution is 9.09. The van der Waals surface area contributed by atoms with Gasteiger partial charge in [-0.05, 0) is 18.2 Å². The summed E-state index contributed by atoms with van der Waals surface area (Å²) >= 11 is 9.08. The molecule has 0 radical (unpaired) electrons. The normalized spacial score (nSPS) is 12.5. The zero-order valence-electron chi connectivity index (χ0n) is 8.93. The van der Waals surface area contributed by atoms with E-state index in [0.29, 0.717) is 0 Å². The molecule has 0 aromatic heterocycles. The molecule has 5 heteroatoms. The fourth-order valence-corrected chi connectivity index (χ4v) is 2.86. The predicted octanol–water partition coefficient (Wildman–Crippen LogP) is 5.24. The van der Waals surface area contributed by atoms with Crippen molar-refractivity contribution in [2.45, 2.75) is 4.83 Å². The third kappa shape index (κ3) is 2.54. The van der Waals surface area contributed by atoms with Gasteiger partial charge < -0.3 is 0 Å². The van der Waals surface area contributed by atoms with Crippen molar-refractivity contribution >= 4 is 27.5 Å². The van der Waals surface area contributed by atoms with E-state index in [1.807, 2.05) is 0 Å². The van der Waals surface area contributed by atoms with Gasteiger partial charge in [-0.25, -0.2) is 13.2 Å². The second-order valence-corrected chi connectivity index (χ2v) is 4.99. The summed E-state index contributed by atoms with van der Waals surface area (Å²) in [6.07, 6.45) is 0. The second-order valence-electron chi connectivity index (χ2n) is 3.66. The Labute approximate surface area is 116 Å². The van der Waals surface area contributed by atoms with Gasteiger partial charge in [0.25, 0.3) is 0 Å². The average molecular weight is 336 g/mol. The maximum atomic E-state index is 13.7. The standard InChI is InChI=1S/C13H7BrClF3/c14-13(8-5-4-7(16)6-11(8)18)12-9(15)2-1-3-10(12)17/h1-6,13H. The van der Waals surface area contributed by atoms with Crippen LogP contribution in [0.5, 0.6) is 0 Å². The van der Waals surface area contributed by atoms with Crippen LogP contribution in [-0.2, 0) is 0 Å². The molecule has 1 unspecified atom stereocenters. The fraction of sp³-hybridized carbons (Fsp3) is 0.0769. The largest absolute Gasteiger partial charge is 0.207 e. The van der Waals surface area contributed by atoms with Gasteiger partial charge in [0.15, 0.2) is 0 Å². The summed E-state index contributed by atoms with van der Waals surface area (Å²) in [6.45, 7) is 0. The Morgan fingerprint density at radius 2 is 1.72 bits per heavy atom. The lowest BCUT2D eigenvalue weighted by molar-refractivity contribution is 0.571. The van der Waals surface area contributed by atoms with Gasteiger partial charge >= 0.3 is 0 Å². The molecule has 0 saturated heterocycles. The summed E-state index contributed by atoms with van der Waals surface area (Å²) in [7, 11) is 0. The molecule has 0 nitrogen and oxygen atoms in total. The molecule has 0 aliphatic carbocycles. The number of alkyl halides is 1. The number of hydrogen-bond donors (Lipinski definition) is 0. The van der Waals surface area contributed by atoms with Gasteiger partial charge in [-0.15, -0.1) is 0 Å². The van der Waals surface area contributed by atoms with E-state index < -0.39 is 22.3 Å². The lowest BCUT2D eigenvalue weighted by Crippen LogP contribution is -2.01. The molecule has 2 aromatic carbocycles. The van der Waals surface area contributed by atoms with Crippen molar-refractivity contribution in [3.8, 4) is 0 Å². The van der Waals surface area contributed by atoms with Crippen LogP contribution in [-0.4, -0.2) is 0 Å². The van der Waals surface area contributed by atoms with E-state index >= 15 is 0 Å². The lowest BCUT2D eigenvalue weighted by atomic mass is 10.0. The maximum absolute atomic E-state index is 13.7. The molecule has 0 fully saturated rings. The molecular formula is C13H7BrClF3. The van der Waals surface area contributed by atoms with Crippen LogP contribution in [0.15, 0.2) is 36.4 Å². The highest BCUT2D eigenvalue weighted by atomic mass is 79.9. The molecular weight excluding hydrogens is 328 g/mol. The highest BCUT2D eigenvalue weighted by Crippen LogP contribution is 2.37. The fourth-order valence-electron chi connectivity index (χ4n) is 1.62. The Kier molecular flexibility index (Phi) is 3.97. The van der Waals surface area contributed by atoms with E-state index in [1.165, 1.54) is 24.3 Å². The molecule has 2 aromatic rings. The highest BCUT2D eigenvalue weighted by Gasteiger charge is 2.21. The maximum Gasteiger partial charge on any atom is 0.130 e. The molecule has 94 valence electrons. The van der Waals surface area contributed by atoms with Crippen LogP contribution in [0.25, 0.3) is 0 Å². The Balaban J connectivity index is 2.51. The molecule has 2 rings (SSSR count). The summed E-state index contributed by atoms with van der Waals surface area (Å²) in [5.74, 6) is -1.99. The Morgan fingerprint density at radius 3 is 2.33 bits per heavy atom. The summed E-state index contributed by atoms with van der Waals surface area (Å²) in [5.41, 5.74) is 0.257. The number of hydrogen-bond acceptors (Lipinski definition) is 0. The zero-order chi connectivity index (χ0) is 13.3. The first-order chi connectivity index (χ1) is 8.50. The van der Waals surface area contributed by atoms with E-state index in [9.17, 15) is 13.2 Å². The molecule has 0 N–H and O–H groups in total. The van der Waals surface area contributed by atoms with Crippen LogP contribution in [0.1, 0.15) is 16.0 Å². The molecule has 1 atom stereocenters. The molecule has 0 spiro atoms. The molecule has 0 amide bonds. The summed E-state index contributed by atoms with van der Waals surface area (Å²) < 4.78 is 40.1. The van der Waals surface area contributed by atoms with Gasteiger partial charge in [-0.2, -0.15) is 0 Å². The van der Waals surface area contributed by atoms with Crippen LogP contribution in [0, 0.1) is 17.5 Å². The minimum Gasteiger partial charge on any atom is -0.207 e. The van der Waals surface area contributed by atoms with Crippen LogP contribution >= 0.6 is 27.5 Å². The van der Waals surface area contributed by atoms with Crippen LogP contribution in [0.4, 0.5) is 13.2 Å². The van der Waals surface area contributed by atoms with Crippen molar-refractivity contribution < 1.29 is 13.2 Å². The molecule has 0 bridgehead atoms. The van der Waals surface area contributed by atoms with Gasteiger partial charge in [0.2, 0.25) is 0 Å². The summed E-state index contributed by atoms with van der Waals surface area (Å²) in [6, 6.07) is 7.32. The van der Waals surface area contributed by atoms with E-state index in [-0.39, 0.29) is 16.1 Å². The van der Waals surface area contributed by atoms with Crippen molar-refractivity contribution in [2.75, 3.05) is 0 Å². The molecule has 0 heterocycles. The lowest BCUT2D eigenvalue weighted by Gasteiger charge is -2.14. The van der Waals surface area contributed by atoms with Gasteiger partial charge in [0.1, 0.15) is 17.5 Å². The SMILES string of the molecule is Fc1ccc(C(Br)c2c(F)cccc2Cl)c(F)c1. The van der Waals surface area contributed by atoms with Gasteiger partial charge in [-0.1, -0.05) is 39.7 Å². The van der Waals surface area contributed by atoms with Crippen molar-refractivity contribution in [1.82, 2.24) is 0 Å². The van der Waals surface area contributed by atoms with Crippen LogP contribution in [0.3, 0.4) is 0 Å². The van der Waals surface area contributed by atoms with Crippen molar-refractivity contribution in [2.24, 2.45) is 0 Å². The molecule has 0 aliphatic heterocycles. The second kappa shape index (κ2) is 5.33. The van der Waals surface area contributed by atoms with Gasteiger partial charge in [0, 0.05) is 22.2 Å². The first-order valence-electron chi connectivity index (χ1n) is 5.03. The first kappa shape index (κ1) is 13.4. The number of rotatable bonds is 2. The number of benzene rings is 2. The van der Waals surface area contributed by atoms with Gasteiger partial charge in [-0.3, -0.25) is 0 Å². The smallest absolute Gasteiger partial charge is 0.130 e. The van der Waals surface area contributed by atoms with E-state index in [0.717, 1.165) is 12.1 Å². The Morgan fingerprint density at radius 1 is 1.00 bits per heavy atom. The Bertz CT molecular complexity index is 566. The minimum absolute atomic E-state index is 0.128. The van der Waals surface area contributed by atoms with Crippen molar-refractivity contribution in [3.63, 3.8) is 0 Å². The molecule has 18 heavy (non-hydrogen) atoms. The average Bonchev–Trinajstić information content (AvgIpc) is 2.28. The molecule has 0 saturated carbocycles. The quantitative estimate of drug-likeness (QED) is 0.658. The van der Waals surface area contributed by atoms with Crippen LogP contribution < -0.4 is 0 Å². The van der Waals surface area contributed by atoms with Gasteiger partial charge in [0.05, 0.1) is 4.83 Å². The summed E-state index contributed by atoms with van der Waals surface area (Å²) in [5, 5.41) is 0.181. The predicted molar refractivity (Wildman–Crippen MR) is 68.5 cm³/mol. The molecule has 0 aliphatic rings. The van der Waals surface area contributed by atoms with E-state index in [2.05, 4.69) is 15.9 Å². The van der Waals surface area contributed by atoms with E-state index in [1.54, 1.807) is 0 Å². The zero-order valence-corrected chi connectivity index (χ0v) is 11.3. The third-order valence-electron chi connectivity index (χ3n) is 2.49. The Hall–Kier alpha value is -1.00. The van der Waals surface area contributed by atoms with Crippen molar-refractivity contribution in [3.05, 3.63) is 70.0 Å². The van der Waals surface area contributed by atoms with E-state index in [4.69, 9.17) is 11.6 Å².